The molecular formula is C22H41N5O7S. The van der Waals surface area contributed by atoms with Crippen LogP contribution in [0, 0.1) is 5.92 Å². The molecule has 202 valence electrons. The molecule has 0 aromatic carbocycles. The molecule has 5 atom stereocenters. The number of carbonyl (C=O) groups is 5. The van der Waals surface area contributed by atoms with Gasteiger partial charge < -0.3 is 37.6 Å². The predicted molar refractivity (Wildman–Crippen MR) is 134 cm³/mol. The van der Waals surface area contributed by atoms with E-state index in [4.69, 9.17) is 16.6 Å². The molecule has 0 aliphatic heterocycles. The molecule has 35 heavy (non-hydrogen) atoms. The summed E-state index contributed by atoms with van der Waals surface area (Å²) < 4.78 is 0. The predicted octanol–water partition coefficient (Wildman–Crippen LogP) is -0.354. The fourth-order valence-electron chi connectivity index (χ4n) is 3.16. The Kier molecular flexibility index (Phi) is 16.7. The quantitative estimate of drug-likeness (QED) is 0.110. The number of amides is 3. The topological polar surface area (TPSA) is 214 Å². The van der Waals surface area contributed by atoms with E-state index >= 15 is 0 Å². The maximum absolute atomic E-state index is 13.1. The highest BCUT2D eigenvalue weighted by atomic mass is 32.2. The van der Waals surface area contributed by atoms with Crippen molar-refractivity contribution in [2.75, 3.05) is 18.6 Å². The first-order chi connectivity index (χ1) is 16.5. The van der Waals surface area contributed by atoms with Crippen LogP contribution >= 0.6 is 11.8 Å². The van der Waals surface area contributed by atoms with Crippen molar-refractivity contribution >= 4 is 41.4 Å². The number of thioether (sulfide) groups is 1. The Labute approximate surface area is 210 Å². The zero-order chi connectivity index (χ0) is 27.0. The Morgan fingerprint density at radius 3 is 2.03 bits per heavy atom. The summed E-state index contributed by atoms with van der Waals surface area (Å²) in [6.07, 6.45) is 3.58. The van der Waals surface area contributed by atoms with Gasteiger partial charge in [-0.3, -0.25) is 19.2 Å². The molecule has 0 aromatic rings. The molecule has 12 nitrogen and oxygen atoms in total. The van der Waals surface area contributed by atoms with Crippen LogP contribution in [0.25, 0.3) is 0 Å². The maximum atomic E-state index is 13.1. The SMILES string of the molecule is CCC(C)C(NC(=O)C(N)CCC(=O)O)C(=O)NC(CCCCN)C(=O)NC(CCSC)C(=O)O. The number of carboxylic acids is 2. The van der Waals surface area contributed by atoms with Crippen LogP contribution in [0.15, 0.2) is 0 Å². The Morgan fingerprint density at radius 1 is 0.886 bits per heavy atom. The van der Waals surface area contributed by atoms with Crippen LogP contribution in [-0.2, 0) is 24.0 Å². The fourth-order valence-corrected chi connectivity index (χ4v) is 3.63. The molecule has 3 amide bonds. The van der Waals surface area contributed by atoms with Gasteiger partial charge in [-0.2, -0.15) is 11.8 Å². The highest BCUT2D eigenvalue weighted by molar-refractivity contribution is 7.98. The largest absolute Gasteiger partial charge is 0.481 e. The molecule has 0 saturated carbocycles. The van der Waals surface area contributed by atoms with Gasteiger partial charge in [-0.05, 0) is 56.6 Å². The van der Waals surface area contributed by atoms with E-state index in [1.807, 2.05) is 13.2 Å². The number of nitrogens with one attached hydrogen (secondary N) is 3. The van der Waals surface area contributed by atoms with Gasteiger partial charge in [0.05, 0.1) is 6.04 Å². The zero-order valence-corrected chi connectivity index (χ0v) is 21.6. The summed E-state index contributed by atoms with van der Waals surface area (Å²) in [5.41, 5.74) is 11.3. The van der Waals surface area contributed by atoms with Crippen LogP contribution in [0.5, 0.6) is 0 Å². The second kappa shape index (κ2) is 18.0. The lowest BCUT2D eigenvalue weighted by Gasteiger charge is -2.28. The van der Waals surface area contributed by atoms with E-state index in [0.717, 1.165) is 0 Å². The van der Waals surface area contributed by atoms with Crippen LogP contribution in [0.2, 0.25) is 0 Å². The number of carboxylic acid groups (broad SMARTS) is 2. The Hall–Kier alpha value is -2.38. The minimum atomic E-state index is -1.17. The van der Waals surface area contributed by atoms with Crippen LogP contribution < -0.4 is 27.4 Å². The van der Waals surface area contributed by atoms with Crippen LogP contribution in [0.3, 0.4) is 0 Å². The van der Waals surface area contributed by atoms with Gasteiger partial charge in [0, 0.05) is 6.42 Å². The minimum Gasteiger partial charge on any atom is -0.481 e. The Bertz CT molecular complexity index is 710. The molecule has 0 saturated heterocycles. The number of aliphatic carboxylic acids is 2. The number of carbonyl (C=O) groups excluding carboxylic acids is 3. The minimum absolute atomic E-state index is 0.0905. The van der Waals surface area contributed by atoms with E-state index in [1.165, 1.54) is 11.8 Å². The molecular weight excluding hydrogens is 478 g/mol. The van der Waals surface area contributed by atoms with Crippen LogP contribution in [0.1, 0.15) is 58.8 Å². The highest BCUT2D eigenvalue weighted by Gasteiger charge is 2.32. The lowest BCUT2D eigenvalue weighted by molar-refractivity contribution is -0.142. The molecule has 9 N–H and O–H groups in total. The van der Waals surface area contributed by atoms with Crippen LogP contribution in [0.4, 0.5) is 0 Å². The number of rotatable bonds is 19. The lowest BCUT2D eigenvalue weighted by atomic mass is 9.96. The van der Waals surface area contributed by atoms with Crippen molar-refractivity contribution in [3.63, 3.8) is 0 Å². The summed E-state index contributed by atoms with van der Waals surface area (Å²) in [6, 6.07) is -4.24. The van der Waals surface area contributed by atoms with E-state index < -0.39 is 53.8 Å². The molecule has 0 heterocycles. The van der Waals surface area contributed by atoms with Gasteiger partial charge in [0.25, 0.3) is 0 Å². The Morgan fingerprint density at radius 2 is 1.51 bits per heavy atom. The zero-order valence-electron chi connectivity index (χ0n) is 20.7. The number of hydrogen-bond acceptors (Lipinski definition) is 8. The molecule has 0 fully saturated rings. The molecule has 0 aromatic heterocycles. The Balaban J connectivity index is 5.50. The normalized spacial score (nSPS) is 15.2. The molecule has 0 radical (unpaired) electrons. The summed E-state index contributed by atoms with van der Waals surface area (Å²) in [6.45, 7) is 3.98. The monoisotopic (exact) mass is 519 g/mol. The molecule has 0 aliphatic carbocycles. The van der Waals surface area contributed by atoms with Crippen molar-refractivity contribution in [3.8, 4) is 0 Å². The van der Waals surface area contributed by atoms with Gasteiger partial charge in [-0.25, -0.2) is 4.79 Å². The smallest absolute Gasteiger partial charge is 0.326 e. The lowest BCUT2D eigenvalue weighted by Crippen LogP contribution is -2.58. The van der Waals surface area contributed by atoms with Gasteiger partial charge in [0.2, 0.25) is 17.7 Å². The van der Waals surface area contributed by atoms with Crippen molar-refractivity contribution < 1.29 is 34.2 Å². The first kappa shape index (κ1) is 32.6. The molecule has 5 unspecified atom stereocenters. The van der Waals surface area contributed by atoms with E-state index in [0.29, 0.717) is 31.6 Å². The third-order valence-corrected chi connectivity index (χ3v) is 6.25. The number of hydrogen-bond donors (Lipinski definition) is 7. The summed E-state index contributed by atoms with van der Waals surface area (Å²) in [5.74, 6) is -3.94. The van der Waals surface area contributed by atoms with Crippen molar-refractivity contribution in [3.05, 3.63) is 0 Å². The first-order valence-corrected chi connectivity index (χ1v) is 13.2. The van der Waals surface area contributed by atoms with Crippen LogP contribution in [-0.4, -0.2) is 82.6 Å². The third kappa shape index (κ3) is 13.3. The second-order valence-electron chi connectivity index (χ2n) is 8.44. The summed E-state index contributed by atoms with van der Waals surface area (Å²) in [4.78, 5) is 60.8. The third-order valence-electron chi connectivity index (χ3n) is 5.60. The molecule has 0 spiro atoms. The number of unbranched alkanes of at least 4 members (excludes halogenated alkanes) is 1. The summed E-state index contributed by atoms with van der Waals surface area (Å²) >= 11 is 1.45. The maximum Gasteiger partial charge on any atom is 0.326 e. The average molecular weight is 520 g/mol. The van der Waals surface area contributed by atoms with Gasteiger partial charge >= 0.3 is 11.9 Å². The molecule has 13 heteroatoms. The van der Waals surface area contributed by atoms with E-state index in [1.54, 1.807) is 6.92 Å². The molecule has 0 aliphatic rings. The second-order valence-corrected chi connectivity index (χ2v) is 9.42. The van der Waals surface area contributed by atoms with E-state index in [9.17, 15) is 29.1 Å². The fraction of sp³-hybridized carbons (Fsp3) is 0.773. The van der Waals surface area contributed by atoms with Gasteiger partial charge in [-0.1, -0.05) is 20.3 Å². The van der Waals surface area contributed by atoms with Crippen molar-refractivity contribution in [2.24, 2.45) is 17.4 Å². The molecule has 0 rings (SSSR count). The van der Waals surface area contributed by atoms with E-state index in [2.05, 4.69) is 16.0 Å². The summed E-state index contributed by atoms with van der Waals surface area (Å²) in [7, 11) is 0. The van der Waals surface area contributed by atoms with Gasteiger partial charge in [0.15, 0.2) is 0 Å². The van der Waals surface area contributed by atoms with Crippen molar-refractivity contribution in [1.82, 2.24) is 16.0 Å². The molecule has 0 bridgehead atoms. The van der Waals surface area contributed by atoms with Crippen molar-refractivity contribution in [2.45, 2.75) is 83.0 Å². The summed E-state index contributed by atoms with van der Waals surface area (Å²) in [5, 5.41) is 25.9. The standard InChI is InChI=1S/C22H41N5O7S/c1-4-13(2)18(27-19(30)14(24)8-9-17(28)29)21(32)25-15(7-5-6-11-23)20(31)26-16(22(33)34)10-12-35-3/h13-16,18H,4-12,23-24H2,1-3H3,(H,25,32)(H,26,31)(H,27,30)(H,28,29)(H,33,34). The van der Waals surface area contributed by atoms with Crippen molar-refractivity contribution in [1.29, 1.82) is 0 Å². The first-order valence-electron chi connectivity index (χ1n) is 11.8. The van der Waals surface area contributed by atoms with E-state index in [-0.39, 0.29) is 31.6 Å². The number of nitrogens with two attached hydrogens (primary N) is 2. The van der Waals surface area contributed by atoms with Gasteiger partial charge in [-0.15, -0.1) is 0 Å². The van der Waals surface area contributed by atoms with Gasteiger partial charge in [0.1, 0.15) is 18.1 Å². The average Bonchev–Trinajstić information content (AvgIpc) is 2.81. The highest BCUT2D eigenvalue weighted by Crippen LogP contribution is 2.11.